The van der Waals surface area contributed by atoms with Gasteiger partial charge in [0.05, 0.1) is 12.7 Å². The van der Waals surface area contributed by atoms with Gasteiger partial charge in [-0.15, -0.1) is 0 Å². The summed E-state index contributed by atoms with van der Waals surface area (Å²) in [6.45, 7) is 10.9. The van der Waals surface area contributed by atoms with Gasteiger partial charge in [0.25, 0.3) is 0 Å². The van der Waals surface area contributed by atoms with Crippen molar-refractivity contribution < 1.29 is 9.47 Å². The van der Waals surface area contributed by atoms with Crippen LogP contribution in [0.1, 0.15) is 45.0 Å². The first-order chi connectivity index (χ1) is 8.41. The highest BCUT2D eigenvalue weighted by Crippen LogP contribution is 2.24. The quantitative estimate of drug-likeness (QED) is 0.588. The molecule has 0 atom stereocenters. The molecule has 0 bridgehead atoms. The van der Waals surface area contributed by atoms with Gasteiger partial charge in [-0.2, -0.15) is 4.98 Å². The zero-order valence-electron chi connectivity index (χ0n) is 11.7. The molecule has 0 amide bonds. The van der Waals surface area contributed by atoms with E-state index < -0.39 is 0 Å². The molecule has 0 fully saturated rings. The predicted molar refractivity (Wildman–Crippen MR) is 72.5 cm³/mol. The molecule has 0 saturated heterocycles. The fourth-order valence-electron chi connectivity index (χ4n) is 1.31. The van der Waals surface area contributed by atoms with E-state index in [0.29, 0.717) is 30.1 Å². The van der Waals surface area contributed by atoms with E-state index in [1.54, 1.807) is 0 Å². The Labute approximate surface area is 114 Å². The smallest absolute Gasteiger partial charge is 0.221 e. The number of hydrogen-bond donors (Lipinski definition) is 0. The molecule has 0 N–H and O–H groups in total. The van der Waals surface area contributed by atoms with Gasteiger partial charge in [0.1, 0.15) is 17.6 Å². The van der Waals surface area contributed by atoms with E-state index in [4.69, 9.17) is 21.1 Å². The summed E-state index contributed by atoms with van der Waals surface area (Å²) in [6, 6.07) is 0. The fourth-order valence-corrected chi connectivity index (χ4v) is 1.47. The van der Waals surface area contributed by atoms with Crippen LogP contribution in [0.3, 0.4) is 0 Å². The fraction of sp³-hybridized carbons (Fsp3) is 0.692. The maximum atomic E-state index is 6.06. The lowest BCUT2D eigenvalue weighted by Gasteiger charge is -2.13. The van der Waals surface area contributed by atoms with Crippen LogP contribution in [-0.4, -0.2) is 29.3 Å². The summed E-state index contributed by atoms with van der Waals surface area (Å²) >= 11 is 6.06. The molecule has 1 aromatic heterocycles. The van der Waals surface area contributed by atoms with Crippen LogP contribution in [0, 0.1) is 6.92 Å². The third-order valence-corrected chi connectivity index (χ3v) is 2.72. The Kier molecular flexibility index (Phi) is 5.82. The van der Waals surface area contributed by atoms with Crippen molar-refractivity contribution in [1.82, 2.24) is 9.97 Å². The molecule has 0 aliphatic heterocycles. The maximum absolute atomic E-state index is 6.06. The van der Waals surface area contributed by atoms with E-state index in [9.17, 15) is 0 Å². The van der Waals surface area contributed by atoms with Gasteiger partial charge in [-0.25, -0.2) is 4.98 Å². The summed E-state index contributed by atoms with van der Waals surface area (Å²) in [5.41, 5.74) is 0.769. The summed E-state index contributed by atoms with van der Waals surface area (Å²) in [6.07, 6.45) is 0.204. The third-order valence-electron chi connectivity index (χ3n) is 2.35. The molecule has 0 aliphatic rings. The average molecular weight is 273 g/mol. The number of nitrogens with zero attached hydrogens (tertiary/aromatic N) is 2. The molecule has 5 heteroatoms. The Hall–Kier alpha value is -0.870. The monoisotopic (exact) mass is 272 g/mol. The highest BCUT2D eigenvalue weighted by molar-refractivity contribution is 6.30. The lowest BCUT2D eigenvalue weighted by molar-refractivity contribution is 0.0540. The van der Waals surface area contributed by atoms with Crippen molar-refractivity contribution in [1.29, 1.82) is 0 Å². The molecule has 1 heterocycles. The molecular weight excluding hydrogens is 252 g/mol. The summed E-state index contributed by atoms with van der Waals surface area (Å²) in [7, 11) is 0. The Bertz CT molecular complexity index is 395. The lowest BCUT2D eigenvalue weighted by atomic mass is 10.2. The van der Waals surface area contributed by atoms with Gasteiger partial charge in [0.2, 0.25) is 5.88 Å². The molecule has 4 nitrogen and oxygen atoms in total. The minimum atomic E-state index is 0.204. The number of aromatic nitrogens is 2. The van der Waals surface area contributed by atoms with Gasteiger partial charge in [0, 0.05) is 11.5 Å². The molecule has 1 aromatic rings. The second-order valence-electron chi connectivity index (χ2n) is 4.73. The first kappa shape index (κ1) is 15.2. The van der Waals surface area contributed by atoms with Gasteiger partial charge in [-0.3, -0.25) is 0 Å². The predicted octanol–water partition coefficient (Wildman–Crippen LogP) is 3.37. The van der Waals surface area contributed by atoms with Crippen molar-refractivity contribution in [3.63, 3.8) is 0 Å². The topological polar surface area (TPSA) is 44.2 Å². The molecule has 18 heavy (non-hydrogen) atoms. The van der Waals surface area contributed by atoms with E-state index >= 15 is 0 Å². The molecule has 0 unspecified atom stereocenters. The van der Waals surface area contributed by atoms with Crippen molar-refractivity contribution in [3.8, 4) is 5.88 Å². The van der Waals surface area contributed by atoms with E-state index in [2.05, 4.69) is 9.97 Å². The van der Waals surface area contributed by atoms with Crippen LogP contribution >= 0.6 is 11.6 Å². The summed E-state index contributed by atoms with van der Waals surface area (Å²) < 4.78 is 11.0. The first-order valence-corrected chi connectivity index (χ1v) is 6.58. The SMILES string of the molecule is Cc1c(Cl)nc(C(C)C)nc1OCCOC(C)C. The second kappa shape index (κ2) is 6.90. The molecular formula is C13H21ClN2O2. The number of rotatable bonds is 6. The van der Waals surface area contributed by atoms with Crippen molar-refractivity contribution in [2.45, 2.75) is 46.6 Å². The van der Waals surface area contributed by atoms with Crippen LogP contribution in [0.15, 0.2) is 0 Å². The van der Waals surface area contributed by atoms with Crippen LogP contribution in [-0.2, 0) is 4.74 Å². The Morgan fingerprint density at radius 2 is 1.78 bits per heavy atom. The van der Waals surface area contributed by atoms with Crippen LogP contribution in [0.5, 0.6) is 5.88 Å². The van der Waals surface area contributed by atoms with Gasteiger partial charge in [0.15, 0.2) is 0 Å². The van der Waals surface area contributed by atoms with Crippen LogP contribution in [0.4, 0.5) is 0 Å². The van der Waals surface area contributed by atoms with Gasteiger partial charge in [-0.05, 0) is 20.8 Å². The number of ether oxygens (including phenoxy) is 2. The van der Waals surface area contributed by atoms with Gasteiger partial charge < -0.3 is 9.47 Å². The maximum Gasteiger partial charge on any atom is 0.221 e. The Morgan fingerprint density at radius 1 is 1.11 bits per heavy atom. The first-order valence-electron chi connectivity index (χ1n) is 6.20. The number of halogens is 1. The van der Waals surface area contributed by atoms with Crippen molar-refractivity contribution >= 4 is 11.6 Å². The van der Waals surface area contributed by atoms with E-state index in [0.717, 1.165) is 5.56 Å². The van der Waals surface area contributed by atoms with Crippen LogP contribution in [0.2, 0.25) is 5.15 Å². The van der Waals surface area contributed by atoms with Crippen molar-refractivity contribution in [2.24, 2.45) is 0 Å². The molecule has 0 saturated carbocycles. The molecule has 0 radical (unpaired) electrons. The van der Waals surface area contributed by atoms with E-state index in [1.165, 1.54) is 0 Å². The van der Waals surface area contributed by atoms with Gasteiger partial charge in [-0.1, -0.05) is 25.4 Å². The molecule has 0 aliphatic carbocycles. The van der Waals surface area contributed by atoms with E-state index in [-0.39, 0.29) is 12.0 Å². The summed E-state index contributed by atoms with van der Waals surface area (Å²) in [4.78, 5) is 8.61. The zero-order chi connectivity index (χ0) is 13.7. The van der Waals surface area contributed by atoms with Crippen LogP contribution in [0.25, 0.3) is 0 Å². The van der Waals surface area contributed by atoms with Crippen molar-refractivity contribution in [2.75, 3.05) is 13.2 Å². The average Bonchev–Trinajstić information content (AvgIpc) is 2.28. The lowest BCUT2D eigenvalue weighted by Crippen LogP contribution is -2.13. The molecule has 1 rings (SSSR count). The number of hydrogen-bond acceptors (Lipinski definition) is 4. The Balaban J connectivity index is 2.69. The minimum Gasteiger partial charge on any atom is -0.475 e. The minimum absolute atomic E-state index is 0.204. The second-order valence-corrected chi connectivity index (χ2v) is 5.08. The molecule has 0 spiro atoms. The highest BCUT2D eigenvalue weighted by Gasteiger charge is 2.12. The van der Waals surface area contributed by atoms with Crippen molar-refractivity contribution in [3.05, 3.63) is 16.5 Å². The summed E-state index contributed by atoms with van der Waals surface area (Å²) in [5.74, 6) is 1.47. The molecule has 0 aromatic carbocycles. The van der Waals surface area contributed by atoms with Gasteiger partial charge >= 0.3 is 0 Å². The molecule has 102 valence electrons. The zero-order valence-corrected chi connectivity index (χ0v) is 12.4. The normalized spacial score (nSPS) is 11.3. The Morgan fingerprint density at radius 3 is 2.33 bits per heavy atom. The third kappa shape index (κ3) is 4.42. The van der Waals surface area contributed by atoms with E-state index in [1.807, 2.05) is 34.6 Å². The summed E-state index contributed by atoms with van der Waals surface area (Å²) in [5, 5.41) is 0.452. The largest absolute Gasteiger partial charge is 0.475 e. The highest BCUT2D eigenvalue weighted by atomic mass is 35.5. The van der Waals surface area contributed by atoms with Crippen LogP contribution < -0.4 is 4.74 Å². The standard InChI is InChI=1S/C13H21ClN2O2/c1-8(2)12-15-11(14)10(5)13(16-12)18-7-6-17-9(3)4/h8-9H,6-7H2,1-5H3.